The molecule has 0 radical (unpaired) electrons. The first-order chi connectivity index (χ1) is 15.3. The van der Waals surface area contributed by atoms with Crippen LogP contribution in [0.5, 0.6) is 0 Å². The summed E-state index contributed by atoms with van der Waals surface area (Å²) in [6.07, 6.45) is -11.8. The predicted octanol–water partition coefficient (Wildman–Crippen LogP) is 10.0. The summed E-state index contributed by atoms with van der Waals surface area (Å²) in [5.41, 5.74) is 3.62. The average molecular weight is 568 g/mol. The minimum Gasteiger partial charge on any atom is -0.168 e. The summed E-state index contributed by atoms with van der Waals surface area (Å²) in [7, 11) is 0. The summed E-state index contributed by atoms with van der Waals surface area (Å²) in [6.45, 7) is 6.93. The van der Waals surface area contributed by atoms with Gasteiger partial charge in [0.15, 0.2) is 0 Å². The largest absolute Gasteiger partial charge is 0.421 e. The molecule has 0 aliphatic rings. The second-order valence-electron chi connectivity index (χ2n) is 8.75. The summed E-state index contributed by atoms with van der Waals surface area (Å²) >= 11 is 23.0. The van der Waals surface area contributed by atoms with Crippen molar-refractivity contribution in [2.24, 2.45) is 0 Å². The Balaban J connectivity index is 2.80. The molecule has 0 aliphatic heterocycles. The molecular formula is C24H24Cl4F6. The Hall–Kier alpha value is -0.820. The average Bonchev–Trinajstić information content (AvgIpc) is 2.63. The van der Waals surface area contributed by atoms with E-state index in [0.29, 0.717) is 22.3 Å². The number of alkyl halides is 10. The zero-order valence-electron chi connectivity index (χ0n) is 18.8. The van der Waals surface area contributed by atoms with Gasteiger partial charge in [0.05, 0.1) is 0 Å². The lowest BCUT2D eigenvalue weighted by Gasteiger charge is -2.37. The van der Waals surface area contributed by atoms with Crippen LogP contribution in [0.2, 0.25) is 0 Å². The molecule has 2 rings (SSSR count). The highest BCUT2D eigenvalue weighted by Gasteiger charge is 2.57. The first kappa shape index (κ1) is 29.4. The van der Waals surface area contributed by atoms with Crippen LogP contribution in [0.15, 0.2) is 36.4 Å². The van der Waals surface area contributed by atoms with Gasteiger partial charge in [-0.05, 0) is 74.6 Å². The van der Waals surface area contributed by atoms with Crippen molar-refractivity contribution in [3.63, 3.8) is 0 Å². The zero-order chi connectivity index (χ0) is 26.3. The Morgan fingerprint density at radius 2 is 0.882 bits per heavy atom. The smallest absolute Gasteiger partial charge is 0.168 e. The molecule has 0 amide bonds. The third-order valence-electron chi connectivity index (χ3n) is 5.92. The van der Waals surface area contributed by atoms with Crippen LogP contribution in [0.25, 0.3) is 0 Å². The van der Waals surface area contributed by atoms with Crippen molar-refractivity contribution in [3.8, 4) is 0 Å². The van der Waals surface area contributed by atoms with Crippen LogP contribution in [0.1, 0.15) is 58.1 Å². The molecular weight excluding hydrogens is 544 g/mol. The van der Waals surface area contributed by atoms with Crippen molar-refractivity contribution in [1.29, 1.82) is 0 Å². The zero-order valence-corrected chi connectivity index (χ0v) is 21.8. The maximum Gasteiger partial charge on any atom is 0.421 e. The molecule has 0 saturated heterocycles. The third kappa shape index (κ3) is 6.68. The number of rotatable bonds is 7. The van der Waals surface area contributed by atoms with Gasteiger partial charge in [-0.25, -0.2) is 0 Å². The van der Waals surface area contributed by atoms with E-state index in [1.807, 2.05) is 0 Å². The maximum absolute atomic E-state index is 13.7. The van der Waals surface area contributed by atoms with Gasteiger partial charge in [0.2, 0.25) is 8.67 Å². The van der Waals surface area contributed by atoms with Crippen LogP contribution in [0, 0.1) is 27.7 Å². The van der Waals surface area contributed by atoms with E-state index in [9.17, 15) is 26.3 Å². The van der Waals surface area contributed by atoms with E-state index in [0.717, 1.165) is 11.1 Å². The van der Waals surface area contributed by atoms with Gasteiger partial charge in [0.25, 0.3) is 0 Å². The van der Waals surface area contributed by atoms with Crippen LogP contribution in [-0.2, 0) is 0 Å². The summed E-state index contributed by atoms with van der Waals surface area (Å²) in [6, 6.07) is 9.98. The Morgan fingerprint density at radius 3 is 1.12 bits per heavy atom. The lowest BCUT2D eigenvalue weighted by atomic mass is 9.73. The minimum absolute atomic E-state index is 0.386. The molecule has 0 aliphatic carbocycles. The van der Waals surface area contributed by atoms with Crippen molar-refractivity contribution in [2.75, 3.05) is 0 Å². The van der Waals surface area contributed by atoms with Gasteiger partial charge in [-0.1, -0.05) is 93.9 Å². The molecule has 190 valence electrons. The number of aryl methyl sites for hydroxylation is 4. The number of hydrogen-bond acceptors (Lipinski definition) is 0. The van der Waals surface area contributed by atoms with E-state index in [-0.39, 0.29) is 0 Å². The summed E-state index contributed by atoms with van der Waals surface area (Å²) < 4.78 is 75.8. The Kier molecular flexibility index (Phi) is 8.89. The van der Waals surface area contributed by atoms with Gasteiger partial charge in [-0.3, -0.25) is 0 Å². The van der Waals surface area contributed by atoms with Crippen LogP contribution in [-0.4, -0.2) is 21.0 Å². The number of hydrogen-bond donors (Lipinski definition) is 0. The van der Waals surface area contributed by atoms with E-state index in [1.54, 1.807) is 64.1 Å². The van der Waals surface area contributed by atoms with E-state index < -0.39 is 45.7 Å². The van der Waals surface area contributed by atoms with Gasteiger partial charge in [0, 0.05) is 0 Å². The molecule has 0 heterocycles. The molecule has 10 heteroatoms. The van der Waals surface area contributed by atoms with Gasteiger partial charge in [-0.2, -0.15) is 26.3 Å². The minimum atomic E-state index is -5.02. The highest BCUT2D eigenvalue weighted by atomic mass is 35.5. The molecule has 0 bridgehead atoms. The van der Waals surface area contributed by atoms with Crippen molar-refractivity contribution in [2.45, 2.75) is 73.4 Å². The fourth-order valence-electron chi connectivity index (χ4n) is 4.21. The molecule has 2 aromatic carbocycles. The number of halogens is 10. The second-order valence-corrected chi connectivity index (χ2v) is 11.7. The van der Waals surface area contributed by atoms with Gasteiger partial charge in [-0.15, -0.1) is 0 Å². The summed E-state index contributed by atoms with van der Waals surface area (Å²) in [5, 5.41) is 0. The molecule has 2 atom stereocenters. The van der Waals surface area contributed by atoms with E-state index >= 15 is 0 Å². The lowest BCUT2D eigenvalue weighted by Crippen LogP contribution is -2.40. The monoisotopic (exact) mass is 566 g/mol. The highest BCUT2D eigenvalue weighted by molar-refractivity contribution is 6.49. The molecule has 0 spiro atoms. The van der Waals surface area contributed by atoms with Crippen LogP contribution >= 0.6 is 46.4 Å². The topological polar surface area (TPSA) is 0 Å². The highest BCUT2D eigenvalue weighted by Crippen LogP contribution is 2.55. The second kappa shape index (κ2) is 10.3. The molecule has 0 saturated carbocycles. The maximum atomic E-state index is 13.7. The van der Waals surface area contributed by atoms with Crippen molar-refractivity contribution >= 4 is 46.4 Å². The SMILES string of the molecule is Cc1ccc(C(CC(Cl)(Cl)C(F)(F)F)C(CC(Cl)(Cl)C(F)(F)F)c2ccc(C)cc2C)c(C)c1. The molecule has 2 unspecified atom stereocenters. The standard InChI is InChI=1S/C24H24Cl4F6/c1-13-5-7-17(15(3)9-13)19(11-21(25,26)23(29,30)31)20(12-22(27,28)24(32,33)34)18-8-6-14(2)10-16(18)4/h5-10,19-20H,11-12H2,1-4H3. The lowest BCUT2D eigenvalue weighted by molar-refractivity contribution is -0.148. The molecule has 2 aromatic rings. The molecule has 0 fully saturated rings. The predicted molar refractivity (Wildman–Crippen MR) is 128 cm³/mol. The molecule has 34 heavy (non-hydrogen) atoms. The Labute approximate surface area is 215 Å². The quantitative estimate of drug-likeness (QED) is 0.230. The summed E-state index contributed by atoms with van der Waals surface area (Å²) in [4.78, 5) is 0. The summed E-state index contributed by atoms with van der Waals surface area (Å²) in [5.74, 6) is -2.37. The van der Waals surface area contributed by atoms with E-state index in [1.165, 1.54) is 0 Å². The molecule has 0 aromatic heterocycles. The number of benzene rings is 2. The first-order valence-electron chi connectivity index (χ1n) is 10.3. The van der Waals surface area contributed by atoms with E-state index in [2.05, 4.69) is 0 Å². The molecule has 0 N–H and O–H groups in total. The van der Waals surface area contributed by atoms with Gasteiger partial charge < -0.3 is 0 Å². The Morgan fingerprint density at radius 1 is 0.588 bits per heavy atom. The molecule has 0 nitrogen and oxygen atoms in total. The fourth-order valence-corrected chi connectivity index (χ4v) is 4.87. The van der Waals surface area contributed by atoms with Gasteiger partial charge in [0.1, 0.15) is 0 Å². The van der Waals surface area contributed by atoms with Crippen molar-refractivity contribution < 1.29 is 26.3 Å². The first-order valence-corrected chi connectivity index (χ1v) is 11.8. The van der Waals surface area contributed by atoms with Crippen molar-refractivity contribution in [1.82, 2.24) is 0 Å². The van der Waals surface area contributed by atoms with Crippen molar-refractivity contribution in [3.05, 3.63) is 69.8 Å². The van der Waals surface area contributed by atoms with Crippen LogP contribution in [0.3, 0.4) is 0 Å². The Bertz CT molecular complexity index is 930. The van der Waals surface area contributed by atoms with Crippen LogP contribution in [0.4, 0.5) is 26.3 Å². The third-order valence-corrected chi connectivity index (χ3v) is 7.39. The van der Waals surface area contributed by atoms with E-state index in [4.69, 9.17) is 46.4 Å². The van der Waals surface area contributed by atoms with Crippen LogP contribution < -0.4 is 0 Å². The van der Waals surface area contributed by atoms with Gasteiger partial charge >= 0.3 is 12.4 Å². The fraction of sp³-hybridized carbons (Fsp3) is 0.500. The normalized spacial score (nSPS) is 15.4.